The molecule has 0 N–H and O–H groups in total. The van der Waals surface area contributed by atoms with Crippen LogP contribution >= 0.6 is 46.8 Å². The smallest absolute Gasteiger partial charge is 0.238 e. The highest BCUT2D eigenvalue weighted by Gasteiger charge is 2.28. The van der Waals surface area contributed by atoms with Crippen molar-refractivity contribution in [2.45, 2.75) is 16.2 Å². The Labute approximate surface area is 102 Å². The molecule has 0 bridgehead atoms. The molecule has 1 aliphatic heterocycles. The van der Waals surface area contributed by atoms with Gasteiger partial charge in [0.25, 0.3) is 3.12 Å². The molecule has 0 fully saturated rings. The summed E-state index contributed by atoms with van der Waals surface area (Å²) in [5.74, 6) is 0. The first-order valence-electron chi connectivity index (χ1n) is 4.12. The van der Waals surface area contributed by atoms with E-state index in [0.29, 0.717) is 0 Å². The van der Waals surface area contributed by atoms with Crippen molar-refractivity contribution in [1.82, 2.24) is 4.31 Å². The topological polar surface area (TPSA) is 3.24 Å². The predicted molar refractivity (Wildman–Crippen MR) is 63.6 cm³/mol. The summed E-state index contributed by atoms with van der Waals surface area (Å²) >= 11 is 18.4. The lowest BCUT2D eigenvalue weighted by atomic mass is 10.1. The maximum Gasteiger partial charge on any atom is 0.251 e. The van der Waals surface area contributed by atoms with Crippen LogP contribution < -0.4 is 0 Å². The van der Waals surface area contributed by atoms with Gasteiger partial charge in [-0.15, -0.1) is 0 Å². The Morgan fingerprint density at radius 1 is 1.07 bits per heavy atom. The van der Waals surface area contributed by atoms with Crippen LogP contribution in [0.4, 0.5) is 0 Å². The molecule has 5 heteroatoms. The van der Waals surface area contributed by atoms with Crippen molar-refractivity contribution in [2.75, 3.05) is 0 Å². The summed E-state index contributed by atoms with van der Waals surface area (Å²) < 4.78 is 0.791. The Kier molecular flexibility index (Phi) is 3.20. The average molecular weight is 269 g/mol. The summed E-state index contributed by atoms with van der Waals surface area (Å²) in [4.78, 5) is 0. The van der Waals surface area contributed by atoms with E-state index in [1.807, 2.05) is 12.1 Å². The van der Waals surface area contributed by atoms with Gasteiger partial charge >= 0.3 is 0 Å². The molecular formula is C9H8Cl3NS. The van der Waals surface area contributed by atoms with Gasteiger partial charge in [-0.1, -0.05) is 59.1 Å². The Morgan fingerprint density at radius 3 is 2.00 bits per heavy atom. The lowest BCUT2D eigenvalue weighted by Gasteiger charge is -2.18. The largest absolute Gasteiger partial charge is 0.251 e. The van der Waals surface area contributed by atoms with Gasteiger partial charge in [0.1, 0.15) is 0 Å². The second-order valence-electron chi connectivity index (χ2n) is 3.10. The number of benzene rings is 1. The summed E-state index contributed by atoms with van der Waals surface area (Å²) in [6, 6.07) is 8.27. The minimum absolute atomic E-state index is 0.842. The van der Waals surface area contributed by atoms with Crippen molar-refractivity contribution in [3.05, 3.63) is 35.4 Å². The monoisotopic (exact) mass is 267 g/mol. The first-order chi connectivity index (χ1) is 6.54. The number of alkyl halides is 3. The molecule has 1 aliphatic rings. The highest BCUT2D eigenvalue weighted by molar-refractivity contribution is 8.02. The average Bonchev–Trinajstić information content (AvgIpc) is 2.42. The van der Waals surface area contributed by atoms with E-state index in [0.717, 1.165) is 13.1 Å². The van der Waals surface area contributed by atoms with Crippen LogP contribution in [-0.4, -0.2) is 7.43 Å². The number of halogens is 3. The third kappa shape index (κ3) is 2.71. The molecule has 0 spiro atoms. The molecule has 1 aromatic rings. The molecule has 0 unspecified atom stereocenters. The molecule has 2 rings (SSSR count). The Bertz CT molecular complexity index is 312. The molecule has 14 heavy (non-hydrogen) atoms. The van der Waals surface area contributed by atoms with E-state index in [2.05, 4.69) is 16.4 Å². The lowest BCUT2D eigenvalue weighted by Crippen LogP contribution is -2.12. The second kappa shape index (κ2) is 4.11. The SMILES string of the molecule is ClC(Cl)(Cl)SN1Cc2ccccc2C1. The van der Waals surface area contributed by atoms with Gasteiger partial charge in [0.15, 0.2) is 0 Å². The van der Waals surface area contributed by atoms with Crippen LogP contribution in [-0.2, 0) is 13.1 Å². The minimum Gasteiger partial charge on any atom is -0.238 e. The fraction of sp³-hybridized carbons (Fsp3) is 0.333. The first-order valence-corrected chi connectivity index (χ1v) is 6.03. The summed E-state index contributed by atoms with van der Waals surface area (Å²) in [6.45, 7) is 1.68. The number of hydrogen-bond donors (Lipinski definition) is 0. The van der Waals surface area contributed by atoms with Gasteiger partial charge in [-0.3, -0.25) is 0 Å². The van der Waals surface area contributed by atoms with E-state index in [1.165, 1.54) is 23.1 Å². The van der Waals surface area contributed by atoms with Crippen molar-refractivity contribution in [3.63, 3.8) is 0 Å². The van der Waals surface area contributed by atoms with E-state index in [1.54, 1.807) is 0 Å². The molecule has 1 aromatic carbocycles. The molecule has 0 saturated carbocycles. The minimum atomic E-state index is -1.26. The normalized spacial score (nSPS) is 17.1. The molecule has 0 aliphatic carbocycles. The van der Waals surface area contributed by atoms with Crippen LogP contribution in [0, 0.1) is 0 Å². The van der Waals surface area contributed by atoms with Crippen LogP contribution in [0.1, 0.15) is 11.1 Å². The maximum atomic E-state index is 5.71. The summed E-state index contributed by atoms with van der Waals surface area (Å²) in [5.41, 5.74) is 2.63. The number of fused-ring (bicyclic) bond motifs is 1. The van der Waals surface area contributed by atoms with Crippen molar-refractivity contribution in [2.24, 2.45) is 0 Å². The first kappa shape index (κ1) is 10.9. The maximum absolute atomic E-state index is 5.71. The Hall–Kier alpha value is 0.400. The molecule has 0 aromatic heterocycles. The fourth-order valence-corrected chi connectivity index (χ4v) is 3.09. The predicted octanol–water partition coefficient (Wildman–Crippen LogP) is 3.98. The van der Waals surface area contributed by atoms with Gasteiger partial charge in [-0.2, -0.15) is 0 Å². The van der Waals surface area contributed by atoms with E-state index in [9.17, 15) is 0 Å². The molecule has 0 radical (unpaired) electrons. The van der Waals surface area contributed by atoms with Crippen molar-refractivity contribution >= 4 is 46.8 Å². The standard InChI is InChI=1S/C9H8Cl3NS/c10-9(11,12)14-13-5-7-3-1-2-4-8(7)6-13/h1-4H,5-6H2. The van der Waals surface area contributed by atoms with E-state index in [-0.39, 0.29) is 0 Å². The third-order valence-corrected chi connectivity index (χ3v) is 3.39. The molecule has 0 saturated heterocycles. The van der Waals surface area contributed by atoms with E-state index < -0.39 is 3.12 Å². The molecule has 76 valence electrons. The van der Waals surface area contributed by atoms with Crippen molar-refractivity contribution in [1.29, 1.82) is 0 Å². The zero-order valence-corrected chi connectivity index (χ0v) is 10.3. The highest BCUT2D eigenvalue weighted by atomic mass is 35.6. The van der Waals surface area contributed by atoms with Crippen LogP contribution in [0.25, 0.3) is 0 Å². The zero-order chi connectivity index (χ0) is 10.2. The van der Waals surface area contributed by atoms with Crippen LogP contribution in [0.15, 0.2) is 24.3 Å². The van der Waals surface area contributed by atoms with Crippen molar-refractivity contribution < 1.29 is 0 Å². The second-order valence-corrected chi connectivity index (χ2v) is 7.37. The van der Waals surface area contributed by atoms with E-state index in [4.69, 9.17) is 34.8 Å². The van der Waals surface area contributed by atoms with Gasteiger partial charge in [0, 0.05) is 13.1 Å². The summed E-state index contributed by atoms with van der Waals surface area (Å²) in [5, 5.41) is 0. The lowest BCUT2D eigenvalue weighted by molar-refractivity contribution is 0.509. The van der Waals surface area contributed by atoms with Gasteiger partial charge < -0.3 is 0 Å². The molecule has 0 amide bonds. The van der Waals surface area contributed by atoms with Crippen LogP contribution in [0.5, 0.6) is 0 Å². The fourth-order valence-electron chi connectivity index (χ4n) is 1.51. The quantitative estimate of drug-likeness (QED) is 0.560. The molecular weight excluding hydrogens is 261 g/mol. The van der Waals surface area contributed by atoms with Gasteiger partial charge in [-0.25, -0.2) is 4.31 Å². The molecule has 0 atom stereocenters. The summed E-state index contributed by atoms with van der Waals surface area (Å²) in [6.07, 6.45) is 0. The Morgan fingerprint density at radius 2 is 1.57 bits per heavy atom. The highest BCUT2D eigenvalue weighted by Crippen LogP contribution is 2.43. The molecule has 1 nitrogen and oxygen atoms in total. The van der Waals surface area contributed by atoms with Gasteiger partial charge in [0.2, 0.25) is 0 Å². The third-order valence-electron chi connectivity index (χ3n) is 2.04. The Balaban J connectivity index is 2.05. The van der Waals surface area contributed by atoms with E-state index >= 15 is 0 Å². The molecule has 1 heterocycles. The summed E-state index contributed by atoms with van der Waals surface area (Å²) in [7, 11) is 0. The van der Waals surface area contributed by atoms with Crippen LogP contribution in [0.2, 0.25) is 0 Å². The van der Waals surface area contributed by atoms with Gasteiger partial charge in [0.05, 0.1) is 0 Å². The van der Waals surface area contributed by atoms with Crippen molar-refractivity contribution in [3.8, 4) is 0 Å². The number of rotatable bonds is 1. The number of nitrogens with zero attached hydrogens (tertiary/aromatic N) is 1. The van der Waals surface area contributed by atoms with Gasteiger partial charge in [-0.05, 0) is 23.1 Å². The van der Waals surface area contributed by atoms with Crippen LogP contribution in [0.3, 0.4) is 0 Å². The zero-order valence-electron chi connectivity index (χ0n) is 7.21. The number of hydrogen-bond acceptors (Lipinski definition) is 2.